The average molecular weight is 264 g/mol. The Morgan fingerprint density at radius 3 is 2.37 bits per heavy atom. The summed E-state index contributed by atoms with van der Waals surface area (Å²) in [4.78, 5) is 0. The van der Waals surface area contributed by atoms with Gasteiger partial charge in [-0.05, 0) is 47.9 Å². The number of halogens is 2. The highest BCUT2D eigenvalue weighted by Crippen LogP contribution is 2.28. The van der Waals surface area contributed by atoms with Crippen molar-refractivity contribution in [2.45, 2.75) is 13.0 Å². The van der Waals surface area contributed by atoms with Gasteiger partial charge in [-0.15, -0.1) is 0 Å². The Morgan fingerprint density at radius 1 is 1.05 bits per heavy atom. The van der Waals surface area contributed by atoms with Gasteiger partial charge >= 0.3 is 0 Å². The van der Waals surface area contributed by atoms with E-state index in [1.807, 2.05) is 6.92 Å². The van der Waals surface area contributed by atoms with E-state index in [0.29, 0.717) is 16.9 Å². The lowest BCUT2D eigenvalue weighted by atomic mass is 9.97. The quantitative estimate of drug-likeness (QED) is 0.921. The van der Waals surface area contributed by atoms with Crippen molar-refractivity contribution in [3.8, 4) is 5.75 Å². The number of rotatable bonds is 3. The van der Waals surface area contributed by atoms with Gasteiger partial charge in [0.1, 0.15) is 11.9 Å². The molecule has 1 N–H and O–H groups in total. The molecule has 2 aromatic rings. The number of ether oxygens (including phenoxy) is 1. The third-order valence-electron chi connectivity index (χ3n) is 3.03. The molecular formula is C15H14F2O2. The monoisotopic (exact) mass is 264 g/mol. The summed E-state index contributed by atoms with van der Waals surface area (Å²) in [6, 6.07) is 8.58. The minimum atomic E-state index is -0.999. The van der Waals surface area contributed by atoms with Crippen LogP contribution in [0.15, 0.2) is 36.4 Å². The minimum Gasteiger partial charge on any atom is -0.497 e. The summed E-state index contributed by atoms with van der Waals surface area (Å²) in [5.74, 6) is -1.22. The summed E-state index contributed by atoms with van der Waals surface area (Å²) < 4.78 is 31.1. The number of aryl methyl sites for hydroxylation is 1. The molecule has 0 aromatic heterocycles. The molecule has 0 spiro atoms. The number of aliphatic hydroxyl groups excluding tert-OH is 1. The van der Waals surface area contributed by atoms with E-state index >= 15 is 0 Å². The van der Waals surface area contributed by atoms with E-state index in [-0.39, 0.29) is 0 Å². The molecule has 0 radical (unpaired) electrons. The van der Waals surface area contributed by atoms with Crippen molar-refractivity contribution in [1.29, 1.82) is 0 Å². The van der Waals surface area contributed by atoms with Gasteiger partial charge in [-0.25, -0.2) is 8.78 Å². The third kappa shape index (κ3) is 2.74. The zero-order valence-corrected chi connectivity index (χ0v) is 10.7. The van der Waals surface area contributed by atoms with E-state index in [0.717, 1.165) is 17.7 Å². The molecule has 19 heavy (non-hydrogen) atoms. The first-order valence-corrected chi connectivity index (χ1v) is 5.80. The molecule has 1 unspecified atom stereocenters. The molecule has 0 aliphatic carbocycles. The van der Waals surface area contributed by atoms with Gasteiger partial charge in [-0.2, -0.15) is 0 Å². The van der Waals surface area contributed by atoms with E-state index in [1.54, 1.807) is 25.3 Å². The van der Waals surface area contributed by atoms with Crippen LogP contribution in [0, 0.1) is 18.6 Å². The lowest BCUT2D eigenvalue weighted by Gasteiger charge is -2.15. The van der Waals surface area contributed by atoms with Crippen LogP contribution in [0.4, 0.5) is 8.78 Å². The number of aliphatic hydroxyl groups is 1. The molecule has 0 aliphatic rings. The fourth-order valence-corrected chi connectivity index (χ4v) is 1.94. The van der Waals surface area contributed by atoms with Crippen molar-refractivity contribution in [1.82, 2.24) is 0 Å². The fourth-order valence-electron chi connectivity index (χ4n) is 1.94. The molecule has 2 aromatic carbocycles. The Hall–Kier alpha value is -1.94. The second kappa shape index (κ2) is 5.36. The minimum absolute atomic E-state index is 0.312. The first-order valence-electron chi connectivity index (χ1n) is 5.80. The Bertz CT molecular complexity index is 597. The Morgan fingerprint density at radius 2 is 1.79 bits per heavy atom. The Kier molecular flexibility index (Phi) is 3.81. The van der Waals surface area contributed by atoms with Crippen LogP contribution >= 0.6 is 0 Å². The molecule has 0 saturated carbocycles. The molecular weight excluding hydrogens is 250 g/mol. The van der Waals surface area contributed by atoms with Crippen molar-refractivity contribution in [3.05, 3.63) is 64.7 Å². The SMILES string of the molecule is COc1ccc(C(O)c2ccc(F)c(F)c2)c(C)c1. The summed E-state index contributed by atoms with van der Waals surface area (Å²) in [7, 11) is 1.56. The normalized spacial score (nSPS) is 12.3. The molecule has 4 heteroatoms. The molecule has 2 nitrogen and oxygen atoms in total. The van der Waals surface area contributed by atoms with Gasteiger partial charge in [0.15, 0.2) is 11.6 Å². The molecule has 0 saturated heterocycles. The average Bonchev–Trinajstić information content (AvgIpc) is 2.41. The predicted octanol–water partition coefficient (Wildman–Crippen LogP) is 3.36. The Labute approximate surface area is 110 Å². The highest BCUT2D eigenvalue weighted by Gasteiger charge is 2.15. The largest absolute Gasteiger partial charge is 0.497 e. The van der Waals surface area contributed by atoms with Gasteiger partial charge in [-0.1, -0.05) is 12.1 Å². The van der Waals surface area contributed by atoms with Crippen LogP contribution in [0.3, 0.4) is 0 Å². The van der Waals surface area contributed by atoms with E-state index in [9.17, 15) is 13.9 Å². The van der Waals surface area contributed by atoms with Crippen LogP contribution in [-0.4, -0.2) is 12.2 Å². The topological polar surface area (TPSA) is 29.5 Å². The molecule has 0 bridgehead atoms. The van der Waals surface area contributed by atoms with Crippen LogP contribution in [-0.2, 0) is 0 Å². The van der Waals surface area contributed by atoms with Crippen molar-refractivity contribution in [2.24, 2.45) is 0 Å². The van der Waals surface area contributed by atoms with Crippen molar-refractivity contribution in [3.63, 3.8) is 0 Å². The van der Waals surface area contributed by atoms with Crippen LogP contribution in [0.5, 0.6) is 5.75 Å². The number of hydrogen-bond donors (Lipinski definition) is 1. The van der Waals surface area contributed by atoms with Crippen LogP contribution in [0.25, 0.3) is 0 Å². The zero-order valence-electron chi connectivity index (χ0n) is 10.7. The van der Waals surface area contributed by atoms with E-state index < -0.39 is 17.7 Å². The zero-order chi connectivity index (χ0) is 14.0. The van der Waals surface area contributed by atoms with Gasteiger partial charge in [0.2, 0.25) is 0 Å². The van der Waals surface area contributed by atoms with Gasteiger partial charge in [0.25, 0.3) is 0 Å². The second-order valence-electron chi connectivity index (χ2n) is 4.30. The summed E-state index contributed by atoms with van der Waals surface area (Å²) in [6.45, 7) is 1.82. The third-order valence-corrected chi connectivity index (χ3v) is 3.03. The highest BCUT2D eigenvalue weighted by molar-refractivity contribution is 5.40. The molecule has 2 rings (SSSR count). The van der Waals surface area contributed by atoms with Crippen LogP contribution in [0.2, 0.25) is 0 Å². The van der Waals surface area contributed by atoms with Gasteiger partial charge in [0, 0.05) is 0 Å². The van der Waals surface area contributed by atoms with E-state index in [4.69, 9.17) is 4.74 Å². The molecule has 0 fully saturated rings. The predicted molar refractivity (Wildman–Crippen MR) is 68.2 cm³/mol. The highest BCUT2D eigenvalue weighted by atomic mass is 19.2. The van der Waals surface area contributed by atoms with E-state index in [1.165, 1.54) is 6.07 Å². The molecule has 0 aliphatic heterocycles. The maximum atomic E-state index is 13.2. The maximum absolute atomic E-state index is 13.2. The number of benzene rings is 2. The standard InChI is InChI=1S/C15H14F2O2/c1-9-7-11(19-2)4-5-12(9)15(18)10-3-6-13(16)14(17)8-10/h3-8,15,18H,1-2H3. The summed E-state index contributed by atoms with van der Waals surface area (Å²) in [5.41, 5.74) is 1.76. The summed E-state index contributed by atoms with van der Waals surface area (Å²) in [5, 5.41) is 10.2. The van der Waals surface area contributed by atoms with Crippen molar-refractivity contribution in [2.75, 3.05) is 7.11 Å². The van der Waals surface area contributed by atoms with Gasteiger partial charge in [-0.3, -0.25) is 0 Å². The fraction of sp³-hybridized carbons (Fsp3) is 0.200. The smallest absolute Gasteiger partial charge is 0.159 e. The first kappa shape index (κ1) is 13.5. The number of methoxy groups -OCH3 is 1. The molecule has 0 amide bonds. The van der Waals surface area contributed by atoms with E-state index in [2.05, 4.69) is 0 Å². The summed E-state index contributed by atoms with van der Waals surface area (Å²) in [6.07, 6.45) is -0.999. The van der Waals surface area contributed by atoms with Crippen molar-refractivity contribution < 1.29 is 18.6 Å². The lowest BCUT2D eigenvalue weighted by molar-refractivity contribution is 0.218. The van der Waals surface area contributed by atoms with Gasteiger partial charge in [0.05, 0.1) is 7.11 Å². The molecule has 1 atom stereocenters. The van der Waals surface area contributed by atoms with Gasteiger partial charge < -0.3 is 9.84 Å². The number of hydrogen-bond acceptors (Lipinski definition) is 2. The first-order chi connectivity index (χ1) is 9.02. The van der Waals surface area contributed by atoms with Crippen molar-refractivity contribution >= 4 is 0 Å². The maximum Gasteiger partial charge on any atom is 0.159 e. The molecule has 0 heterocycles. The second-order valence-corrected chi connectivity index (χ2v) is 4.30. The van der Waals surface area contributed by atoms with Crippen LogP contribution < -0.4 is 4.74 Å². The Balaban J connectivity index is 2.38. The summed E-state index contributed by atoms with van der Waals surface area (Å²) >= 11 is 0. The molecule has 100 valence electrons. The lowest BCUT2D eigenvalue weighted by Crippen LogP contribution is -2.03. The van der Waals surface area contributed by atoms with Crippen LogP contribution in [0.1, 0.15) is 22.8 Å².